The number of rotatable bonds is 6. The van der Waals surface area contributed by atoms with Crippen molar-refractivity contribution in [2.24, 2.45) is 0 Å². The number of hydrogen-bond donors (Lipinski definition) is 2. The van der Waals surface area contributed by atoms with Crippen molar-refractivity contribution in [2.45, 2.75) is 19.4 Å². The van der Waals surface area contributed by atoms with E-state index >= 15 is 0 Å². The van der Waals surface area contributed by atoms with Crippen LogP contribution in [0, 0.1) is 0 Å². The van der Waals surface area contributed by atoms with Crippen LogP contribution >= 0.6 is 0 Å². The third-order valence-corrected chi connectivity index (χ3v) is 3.24. The molecule has 0 saturated heterocycles. The normalized spacial score (nSPS) is 11.4. The number of benzene rings is 2. The van der Waals surface area contributed by atoms with Crippen LogP contribution in [0.15, 0.2) is 54.6 Å². The molecule has 124 valence electrons. The average Bonchev–Trinajstić information content (AvgIpc) is 2.55. The fourth-order valence-electron chi connectivity index (χ4n) is 2.03. The summed E-state index contributed by atoms with van der Waals surface area (Å²) in [4.78, 5) is 34.8. The lowest BCUT2D eigenvalue weighted by atomic mass is 10.1. The second-order valence-electron chi connectivity index (χ2n) is 5.21. The van der Waals surface area contributed by atoms with Crippen LogP contribution in [0.4, 0.5) is 0 Å². The highest BCUT2D eigenvalue weighted by molar-refractivity contribution is 5.89. The number of ether oxygens (including phenoxy) is 1. The number of amides is 1. The van der Waals surface area contributed by atoms with E-state index in [2.05, 4.69) is 5.32 Å². The zero-order valence-electron chi connectivity index (χ0n) is 13.1. The molecule has 2 aromatic carbocycles. The van der Waals surface area contributed by atoms with Crippen molar-refractivity contribution in [1.29, 1.82) is 0 Å². The molecule has 1 amide bonds. The number of aromatic carboxylic acids is 1. The van der Waals surface area contributed by atoms with Crippen LogP contribution in [0.5, 0.6) is 5.75 Å². The van der Waals surface area contributed by atoms with Gasteiger partial charge in [0.1, 0.15) is 11.8 Å². The fourth-order valence-corrected chi connectivity index (χ4v) is 2.03. The summed E-state index contributed by atoms with van der Waals surface area (Å²) in [5, 5.41) is 11.5. The highest BCUT2D eigenvalue weighted by Crippen LogP contribution is 2.14. The Kier molecular flexibility index (Phi) is 5.68. The van der Waals surface area contributed by atoms with E-state index < -0.39 is 18.0 Å². The molecule has 0 unspecified atom stereocenters. The Balaban J connectivity index is 1.91. The van der Waals surface area contributed by atoms with Crippen molar-refractivity contribution < 1.29 is 24.2 Å². The number of esters is 1. The molecule has 6 nitrogen and oxygen atoms in total. The molecule has 2 N–H and O–H groups in total. The summed E-state index contributed by atoms with van der Waals surface area (Å²) in [7, 11) is 0. The van der Waals surface area contributed by atoms with E-state index in [9.17, 15) is 14.4 Å². The fraction of sp³-hybridized carbons (Fsp3) is 0.167. The van der Waals surface area contributed by atoms with Crippen molar-refractivity contribution in [1.82, 2.24) is 5.32 Å². The molecular formula is C18H17NO5. The highest BCUT2D eigenvalue weighted by Gasteiger charge is 2.18. The molecule has 0 aliphatic carbocycles. The highest BCUT2D eigenvalue weighted by atomic mass is 16.5. The summed E-state index contributed by atoms with van der Waals surface area (Å²) in [6.07, 6.45) is 0.160. The standard InChI is InChI=1S/C18H17NO5/c1-12(19-16(20)10-13-6-3-2-4-7-13)18(23)24-15-9-5-8-14(11-15)17(21)22/h2-9,11-12H,10H2,1H3,(H,19,20)(H,21,22)/t12-/m1/s1. The maximum absolute atomic E-state index is 12.0. The van der Waals surface area contributed by atoms with Gasteiger partial charge in [-0.15, -0.1) is 0 Å². The van der Waals surface area contributed by atoms with Crippen LogP contribution in [0.3, 0.4) is 0 Å². The third-order valence-electron chi connectivity index (χ3n) is 3.24. The summed E-state index contributed by atoms with van der Waals surface area (Å²) in [6, 6.07) is 13.9. The maximum atomic E-state index is 12.0. The van der Waals surface area contributed by atoms with Gasteiger partial charge in [0.05, 0.1) is 12.0 Å². The van der Waals surface area contributed by atoms with Gasteiger partial charge >= 0.3 is 11.9 Å². The van der Waals surface area contributed by atoms with E-state index in [0.29, 0.717) is 0 Å². The quantitative estimate of drug-likeness (QED) is 0.625. The van der Waals surface area contributed by atoms with E-state index in [1.807, 2.05) is 30.3 Å². The van der Waals surface area contributed by atoms with Gasteiger partial charge < -0.3 is 15.2 Å². The Bertz CT molecular complexity index is 742. The molecule has 2 aromatic rings. The van der Waals surface area contributed by atoms with Gasteiger partial charge in [0.25, 0.3) is 0 Å². The molecule has 0 spiro atoms. The second kappa shape index (κ2) is 7.92. The monoisotopic (exact) mass is 327 g/mol. The van der Waals surface area contributed by atoms with Crippen molar-refractivity contribution in [3.05, 3.63) is 65.7 Å². The molecule has 0 heterocycles. The lowest BCUT2D eigenvalue weighted by Gasteiger charge is -2.13. The van der Waals surface area contributed by atoms with Gasteiger partial charge in [-0.05, 0) is 30.7 Å². The number of carboxylic acids is 1. The minimum Gasteiger partial charge on any atom is -0.478 e. The van der Waals surface area contributed by atoms with E-state index in [1.54, 1.807) is 0 Å². The third kappa shape index (κ3) is 4.95. The molecule has 0 saturated carbocycles. The van der Waals surface area contributed by atoms with Crippen LogP contribution in [0.25, 0.3) is 0 Å². The first-order valence-corrected chi connectivity index (χ1v) is 7.34. The average molecular weight is 327 g/mol. The molecule has 24 heavy (non-hydrogen) atoms. The Morgan fingerprint density at radius 2 is 1.79 bits per heavy atom. The number of carboxylic acid groups (broad SMARTS) is 1. The zero-order valence-corrected chi connectivity index (χ0v) is 13.1. The molecular weight excluding hydrogens is 310 g/mol. The number of carbonyl (C=O) groups excluding carboxylic acids is 2. The van der Waals surface area contributed by atoms with Crippen LogP contribution in [-0.4, -0.2) is 29.0 Å². The van der Waals surface area contributed by atoms with Crippen molar-refractivity contribution in [3.8, 4) is 5.75 Å². The minimum absolute atomic E-state index is 0.0149. The van der Waals surface area contributed by atoms with Crippen LogP contribution in [0.1, 0.15) is 22.8 Å². The van der Waals surface area contributed by atoms with E-state index in [-0.39, 0.29) is 23.6 Å². The first kappa shape index (κ1) is 17.2. The minimum atomic E-state index is -1.11. The van der Waals surface area contributed by atoms with Gasteiger partial charge in [-0.3, -0.25) is 4.79 Å². The second-order valence-corrected chi connectivity index (χ2v) is 5.21. The Hall–Kier alpha value is -3.15. The predicted molar refractivity (Wildman–Crippen MR) is 86.8 cm³/mol. The van der Waals surface area contributed by atoms with Gasteiger partial charge in [0.2, 0.25) is 5.91 Å². The first-order chi connectivity index (χ1) is 11.5. The summed E-state index contributed by atoms with van der Waals surface area (Å²) in [5.41, 5.74) is 0.853. The Morgan fingerprint density at radius 1 is 1.08 bits per heavy atom. The summed E-state index contributed by atoms with van der Waals surface area (Å²) in [6.45, 7) is 1.51. The van der Waals surface area contributed by atoms with E-state index in [4.69, 9.17) is 9.84 Å². The molecule has 1 atom stereocenters. The molecule has 0 aliphatic heterocycles. The number of nitrogens with one attached hydrogen (secondary N) is 1. The SMILES string of the molecule is C[C@@H](NC(=O)Cc1ccccc1)C(=O)Oc1cccc(C(=O)O)c1. The molecule has 0 radical (unpaired) electrons. The van der Waals surface area contributed by atoms with Gasteiger partial charge in [-0.1, -0.05) is 36.4 Å². The summed E-state index contributed by atoms with van der Waals surface area (Å²) >= 11 is 0. The summed E-state index contributed by atoms with van der Waals surface area (Å²) < 4.78 is 5.10. The van der Waals surface area contributed by atoms with Crippen molar-refractivity contribution in [3.63, 3.8) is 0 Å². The van der Waals surface area contributed by atoms with E-state index in [0.717, 1.165) is 5.56 Å². The van der Waals surface area contributed by atoms with Gasteiger partial charge in [0, 0.05) is 0 Å². The van der Waals surface area contributed by atoms with Gasteiger partial charge in [-0.25, -0.2) is 9.59 Å². The zero-order chi connectivity index (χ0) is 17.5. The van der Waals surface area contributed by atoms with Crippen LogP contribution in [0.2, 0.25) is 0 Å². The lowest BCUT2D eigenvalue weighted by molar-refractivity contribution is -0.138. The molecule has 0 fully saturated rings. The number of hydrogen-bond acceptors (Lipinski definition) is 4. The molecule has 0 aromatic heterocycles. The molecule has 0 aliphatic rings. The topological polar surface area (TPSA) is 92.7 Å². The largest absolute Gasteiger partial charge is 0.478 e. The van der Waals surface area contributed by atoms with Gasteiger partial charge in [0.15, 0.2) is 0 Å². The smallest absolute Gasteiger partial charge is 0.335 e. The van der Waals surface area contributed by atoms with Crippen molar-refractivity contribution in [2.75, 3.05) is 0 Å². The maximum Gasteiger partial charge on any atom is 0.335 e. The number of carbonyl (C=O) groups is 3. The Labute approximate surface area is 139 Å². The first-order valence-electron chi connectivity index (χ1n) is 7.34. The Morgan fingerprint density at radius 3 is 2.46 bits per heavy atom. The molecule has 0 bridgehead atoms. The lowest BCUT2D eigenvalue weighted by Crippen LogP contribution is -2.41. The van der Waals surface area contributed by atoms with Crippen molar-refractivity contribution >= 4 is 17.8 Å². The van der Waals surface area contributed by atoms with Crippen LogP contribution < -0.4 is 10.1 Å². The summed E-state index contributed by atoms with van der Waals surface area (Å²) in [5.74, 6) is -1.97. The molecule has 2 rings (SSSR count). The van der Waals surface area contributed by atoms with E-state index in [1.165, 1.54) is 31.2 Å². The van der Waals surface area contributed by atoms with Crippen LogP contribution in [-0.2, 0) is 16.0 Å². The van der Waals surface area contributed by atoms with Gasteiger partial charge in [-0.2, -0.15) is 0 Å². The molecule has 6 heteroatoms. The predicted octanol–water partition coefficient (Wildman–Crippen LogP) is 2.04.